The van der Waals surface area contributed by atoms with E-state index in [9.17, 15) is 0 Å². The van der Waals surface area contributed by atoms with Gasteiger partial charge in [-0.15, -0.1) is 0 Å². The van der Waals surface area contributed by atoms with Crippen LogP contribution in [0, 0.1) is 11.8 Å². The smallest absolute Gasteiger partial charge is 0.0340 e. The lowest BCUT2D eigenvalue weighted by molar-refractivity contribution is 0.390. The van der Waals surface area contributed by atoms with Gasteiger partial charge in [0.1, 0.15) is 0 Å². The lowest BCUT2D eigenvalue weighted by Crippen LogP contribution is -2.29. The van der Waals surface area contributed by atoms with Crippen LogP contribution in [0.1, 0.15) is 40.2 Å². The standard InChI is InChI=1S/C17H30N2/c1-13(2)14(11-18-6)12-19-16-9-7-15(8-10-16)17(3,4)5/h7-10,13-14,18-19H,11-12H2,1-6H3. The zero-order valence-electron chi connectivity index (χ0n) is 13.4. The molecule has 0 aromatic heterocycles. The van der Waals surface area contributed by atoms with Gasteiger partial charge in [-0.25, -0.2) is 0 Å². The summed E-state index contributed by atoms with van der Waals surface area (Å²) in [5.74, 6) is 1.35. The van der Waals surface area contributed by atoms with E-state index in [1.54, 1.807) is 0 Å². The first-order chi connectivity index (χ1) is 8.84. The van der Waals surface area contributed by atoms with Crippen molar-refractivity contribution in [3.05, 3.63) is 29.8 Å². The fourth-order valence-electron chi connectivity index (χ4n) is 2.14. The average Bonchev–Trinajstić information content (AvgIpc) is 2.33. The van der Waals surface area contributed by atoms with Crippen LogP contribution in [0.2, 0.25) is 0 Å². The lowest BCUT2D eigenvalue weighted by atomic mass is 9.87. The van der Waals surface area contributed by atoms with Gasteiger partial charge in [0.05, 0.1) is 0 Å². The van der Waals surface area contributed by atoms with E-state index in [0.29, 0.717) is 11.8 Å². The molecule has 108 valence electrons. The molecule has 1 aromatic rings. The topological polar surface area (TPSA) is 24.1 Å². The molecule has 0 radical (unpaired) electrons. The Morgan fingerprint density at radius 2 is 1.58 bits per heavy atom. The predicted molar refractivity (Wildman–Crippen MR) is 85.9 cm³/mol. The minimum absolute atomic E-state index is 0.227. The van der Waals surface area contributed by atoms with E-state index in [2.05, 4.69) is 69.5 Å². The Bertz CT molecular complexity index is 360. The van der Waals surface area contributed by atoms with E-state index >= 15 is 0 Å². The molecule has 1 unspecified atom stereocenters. The summed E-state index contributed by atoms with van der Waals surface area (Å²) < 4.78 is 0. The average molecular weight is 262 g/mol. The monoisotopic (exact) mass is 262 g/mol. The van der Waals surface area contributed by atoms with Gasteiger partial charge in [0.15, 0.2) is 0 Å². The van der Waals surface area contributed by atoms with Gasteiger partial charge in [-0.05, 0) is 48.5 Å². The van der Waals surface area contributed by atoms with Gasteiger partial charge in [0, 0.05) is 12.2 Å². The highest BCUT2D eigenvalue weighted by Gasteiger charge is 2.14. The third kappa shape index (κ3) is 5.23. The molecule has 1 aromatic carbocycles. The highest BCUT2D eigenvalue weighted by atomic mass is 14.9. The van der Waals surface area contributed by atoms with E-state index in [0.717, 1.165) is 13.1 Å². The van der Waals surface area contributed by atoms with Crippen LogP contribution in [0.15, 0.2) is 24.3 Å². The first-order valence-corrected chi connectivity index (χ1v) is 7.33. The maximum Gasteiger partial charge on any atom is 0.0340 e. The maximum absolute atomic E-state index is 3.55. The number of hydrogen-bond donors (Lipinski definition) is 2. The van der Waals surface area contributed by atoms with Gasteiger partial charge in [0.2, 0.25) is 0 Å². The number of benzene rings is 1. The van der Waals surface area contributed by atoms with E-state index in [-0.39, 0.29) is 5.41 Å². The van der Waals surface area contributed by atoms with Crippen LogP contribution < -0.4 is 10.6 Å². The molecule has 1 rings (SSSR count). The van der Waals surface area contributed by atoms with E-state index in [1.165, 1.54) is 11.3 Å². The Hall–Kier alpha value is -1.02. The summed E-state index contributed by atoms with van der Waals surface area (Å²) >= 11 is 0. The summed E-state index contributed by atoms with van der Waals surface area (Å²) in [7, 11) is 2.02. The number of rotatable bonds is 6. The Balaban J connectivity index is 2.58. The Labute approximate surface area is 119 Å². The molecule has 0 aliphatic rings. The minimum atomic E-state index is 0.227. The van der Waals surface area contributed by atoms with Gasteiger partial charge >= 0.3 is 0 Å². The summed E-state index contributed by atoms with van der Waals surface area (Å²) in [6.45, 7) is 13.4. The molecular formula is C17H30N2. The van der Waals surface area contributed by atoms with Crippen LogP contribution in [0.4, 0.5) is 5.69 Å². The summed E-state index contributed by atoms with van der Waals surface area (Å²) in [5.41, 5.74) is 2.83. The summed E-state index contributed by atoms with van der Waals surface area (Å²) in [4.78, 5) is 0. The van der Waals surface area contributed by atoms with Crippen molar-refractivity contribution in [3.8, 4) is 0 Å². The number of anilines is 1. The molecule has 2 N–H and O–H groups in total. The first-order valence-electron chi connectivity index (χ1n) is 7.33. The number of hydrogen-bond acceptors (Lipinski definition) is 2. The second kappa shape index (κ2) is 6.95. The second-order valence-electron chi connectivity index (χ2n) is 6.77. The van der Waals surface area contributed by atoms with Crippen molar-refractivity contribution in [3.63, 3.8) is 0 Å². The van der Waals surface area contributed by atoms with Crippen molar-refractivity contribution >= 4 is 5.69 Å². The van der Waals surface area contributed by atoms with Crippen LogP contribution in [0.5, 0.6) is 0 Å². The summed E-state index contributed by atoms with van der Waals surface area (Å²) in [6.07, 6.45) is 0. The van der Waals surface area contributed by atoms with Crippen LogP contribution >= 0.6 is 0 Å². The SMILES string of the molecule is CNCC(CNc1ccc(C(C)(C)C)cc1)C(C)C. The summed E-state index contributed by atoms with van der Waals surface area (Å²) in [6, 6.07) is 8.84. The third-order valence-electron chi connectivity index (χ3n) is 3.73. The molecular weight excluding hydrogens is 232 g/mol. The minimum Gasteiger partial charge on any atom is -0.385 e. The van der Waals surface area contributed by atoms with Gasteiger partial charge in [-0.2, -0.15) is 0 Å². The van der Waals surface area contributed by atoms with Gasteiger partial charge < -0.3 is 10.6 Å². The van der Waals surface area contributed by atoms with E-state index in [4.69, 9.17) is 0 Å². The molecule has 0 amide bonds. The number of nitrogens with one attached hydrogen (secondary N) is 2. The third-order valence-corrected chi connectivity index (χ3v) is 3.73. The van der Waals surface area contributed by atoms with Gasteiger partial charge in [0.25, 0.3) is 0 Å². The largest absolute Gasteiger partial charge is 0.385 e. The van der Waals surface area contributed by atoms with Crippen LogP contribution in [0.25, 0.3) is 0 Å². The van der Waals surface area contributed by atoms with Crippen LogP contribution in [-0.2, 0) is 5.41 Å². The highest BCUT2D eigenvalue weighted by Crippen LogP contribution is 2.23. The van der Waals surface area contributed by atoms with Crippen molar-refractivity contribution in [2.75, 3.05) is 25.5 Å². The quantitative estimate of drug-likeness (QED) is 0.813. The fourth-order valence-corrected chi connectivity index (χ4v) is 2.14. The molecule has 0 saturated carbocycles. The Morgan fingerprint density at radius 1 is 1.00 bits per heavy atom. The van der Waals surface area contributed by atoms with Crippen molar-refractivity contribution in [1.29, 1.82) is 0 Å². The first kappa shape index (κ1) is 16.0. The molecule has 19 heavy (non-hydrogen) atoms. The van der Waals surface area contributed by atoms with Crippen LogP contribution in [-0.4, -0.2) is 20.1 Å². The second-order valence-corrected chi connectivity index (χ2v) is 6.77. The molecule has 0 saturated heterocycles. The Kier molecular flexibility index (Phi) is 5.86. The zero-order valence-corrected chi connectivity index (χ0v) is 13.4. The molecule has 2 heteroatoms. The van der Waals surface area contributed by atoms with E-state index in [1.807, 2.05) is 7.05 Å². The van der Waals surface area contributed by atoms with Gasteiger partial charge in [-0.3, -0.25) is 0 Å². The molecule has 0 aliphatic heterocycles. The van der Waals surface area contributed by atoms with E-state index < -0.39 is 0 Å². The molecule has 2 nitrogen and oxygen atoms in total. The van der Waals surface area contributed by atoms with Crippen LogP contribution in [0.3, 0.4) is 0 Å². The summed E-state index contributed by atoms with van der Waals surface area (Å²) in [5, 5.41) is 6.82. The predicted octanol–water partition coefficient (Wildman–Crippen LogP) is 3.89. The van der Waals surface area contributed by atoms with Crippen molar-refractivity contribution in [1.82, 2.24) is 5.32 Å². The maximum atomic E-state index is 3.55. The highest BCUT2D eigenvalue weighted by molar-refractivity contribution is 5.45. The normalized spacial score (nSPS) is 13.6. The lowest BCUT2D eigenvalue weighted by Gasteiger charge is -2.22. The van der Waals surface area contributed by atoms with Gasteiger partial charge in [-0.1, -0.05) is 46.8 Å². The van der Waals surface area contributed by atoms with Crippen molar-refractivity contribution < 1.29 is 0 Å². The zero-order chi connectivity index (χ0) is 14.5. The molecule has 0 spiro atoms. The van der Waals surface area contributed by atoms with Crippen molar-refractivity contribution in [2.45, 2.75) is 40.0 Å². The molecule has 0 bridgehead atoms. The fraction of sp³-hybridized carbons (Fsp3) is 0.647. The molecule has 1 atom stereocenters. The Morgan fingerprint density at radius 3 is 2.00 bits per heavy atom. The molecule has 0 heterocycles. The molecule has 0 aliphatic carbocycles. The van der Waals surface area contributed by atoms with Crippen molar-refractivity contribution in [2.24, 2.45) is 11.8 Å². The molecule has 0 fully saturated rings.